The summed E-state index contributed by atoms with van der Waals surface area (Å²) in [7, 11) is 1.60. The minimum atomic E-state index is -4.32. The first-order chi connectivity index (χ1) is 13.2. The molecule has 0 aromatic heterocycles. The van der Waals surface area contributed by atoms with Gasteiger partial charge in [0, 0.05) is 6.54 Å². The average Bonchev–Trinajstić information content (AvgIpc) is 2.65. The van der Waals surface area contributed by atoms with Crippen molar-refractivity contribution in [2.45, 2.75) is 19.1 Å². The molecule has 0 fully saturated rings. The summed E-state index contributed by atoms with van der Waals surface area (Å²) < 4.78 is 43.9. The van der Waals surface area contributed by atoms with Gasteiger partial charge in [-0.25, -0.2) is 9.59 Å². The second-order valence-electron chi connectivity index (χ2n) is 5.50. The number of ether oxygens (including phenoxy) is 1. The van der Waals surface area contributed by atoms with Crippen molar-refractivity contribution >= 4 is 11.9 Å². The van der Waals surface area contributed by atoms with E-state index >= 15 is 0 Å². The zero-order valence-corrected chi connectivity index (χ0v) is 15.0. The highest BCUT2D eigenvalue weighted by molar-refractivity contribution is 6.27. The Morgan fingerprint density at radius 2 is 1.50 bits per heavy atom. The summed E-state index contributed by atoms with van der Waals surface area (Å²) >= 11 is 0. The van der Waals surface area contributed by atoms with Gasteiger partial charge in [-0.1, -0.05) is 36.4 Å². The molecule has 2 aromatic rings. The number of carboxylic acids is 2. The predicted molar refractivity (Wildman–Crippen MR) is 95.1 cm³/mol. The lowest BCUT2D eigenvalue weighted by Crippen LogP contribution is -2.20. The highest BCUT2D eigenvalue weighted by atomic mass is 19.4. The van der Waals surface area contributed by atoms with Gasteiger partial charge in [0.1, 0.15) is 5.75 Å². The Balaban J connectivity index is 0.000000568. The van der Waals surface area contributed by atoms with E-state index in [1.54, 1.807) is 13.2 Å². The van der Waals surface area contributed by atoms with Crippen LogP contribution in [-0.4, -0.2) is 35.8 Å². The van der Waals surface area contributed by atoms with E-state index in [2.05, 4.69) is 5.32 Å². The van der Waals surface area contributed by atoms with Gasteiger partial charge in [-0.3, -0.25) is 0 Å². The minimum Gasteiger partial charge on any atom is -0.496 e. The number of benzene rings is 2. The van der Waals surface area contributed by atoms with Crippen molar-refractivity contribution in [2.75, 3.05) is 13.7 Å². The molecule has 0 aliphatic heterocycles. The lowest BCUT2D eigenvalue weighted by molar-refractivity contribution is -0.159. The summed E-state index contributed by atoms with van der Waals surface area (Å²) in [6.07, 6.45) is -3.63. The van der Waals surface area contributed by atoms with Gasteiger partial charge >= 0.3 is 18.1 Å². The van der Waals surface area contributed by atoms with Crippen LogP contribution in [0.2, 0.25) is 0 Å². The van der Waals surface area contributed by atoms with Crippen molar-refractivity contribution in [1.29, 1.82) is 0 Å². The summed E-state index contributed by atoms with van der Waals surface area (Å²) in [5.41, 5.74) is 0.705. The Hall–Kier alpha value is -3.07. The van der Waals surface area contributed by atoms with Gasteiger partial charge in [0.15, 0.2) is 0 Å². The Kier molecular flexibility index (Phi) is 8.97. The van der Waals surface area contributed by atoms with E-state index in [4.69, 9.17) is 24.5 Å². The fourth-order valence-electron chi connectivity index (χ4n) is 2.31. The van der Waals surface area contributed by atoms with Gasteiger partial charge in [-0.05, 0) is 36.2 Å². The van der Waals surface area contributed by atoms with E-state index in [0.29, 0.717) is 13.0 Å². The molecule has 3 N–H and O–H groups in total. The first-order valence-electron chi connectivity index (χ1n) is 8.10. The van der Waals surface area contributed by atoms with Crippen LogP contribution < -0.4 is 10.1 Å². The third-order valence-corrected chi connectivity index (χ3v) is 3.58. The zero-order valence-electron chi connectivity index (χ0n) is 15.0. The summed E-state index contributed by atoms with van der Waals surface area (Å²) in [5.74, 6) is -2.86. The molecule has 2 rings (SSSR count). The molecule has 152 valence electrons. The Morgan fingerprint density at radius 1 is 0.964 bits per heavy atom. The molecule has 0 spiro atoms. The van der Waals surface area contributed by atoms with Crippen molar-refractivity contribution in [2.24, 2.45) is 0 Å². The largest absolute Gasteiger partial charge is 0.496 e. The first-order valence-corrected chi connectivity index (χ1v) is 8.10. The van der Waals surface area contributed by atoms with Crippen molar-refractivity contribution < 1.29 is 37.7 Å². The average molecular weight is 399 g/mol. The lowest BCUT2D eigenvalue weighted by atomic mass is 10.1. The third kappa shape index (κ3) is 7.67. The van der Waals surface area contributed by atoms with Gasteiger partial charge in [0.25, 0.3) is 0 Å². The number of para-hydroxylation sites is 1. The Morgan fingerprint density at radius 3 is 2.04 bits per heavy atom. The number of alkyl halides is 3. The number of methoxy groups -OCH3 is 1. The van der Waals surface area contributed by atoms with Crippen LogP contribution in [0.3, 0.4) is 0 Å². The van der Waals surface area contributed by atoms with Gasteiger partial charge in [0.2, 0.25) is 0 Å². The number of halogens is 3. The number of carboxylic acid groups (broad SMARTS) is 2. The van der Waals surface area contributed by atoms with Crippen LogP contribution in [0.1, 0.15) is 16.7 Å². The molecule has 0 unspecified atom stereocenters. The van der Waals surface area contributed by atoms with Crippen molar-refractivity contribution in [3.8, 4) is 5.75 Å². The lowest BCUT2D eigenvalue weighted by Gasteiger charge is -2.13. The molecular weight excluding hydrogens is 379 g/mol. The number of nitrogens with one attached hydrogen (secondary N) is 1. The van der Waals surface area contributed by atoms with Crippen molar-refractivity contribution in [3.05, 3.63) is 65.2 Å². The zero-order chi connectivity index (χ0) is 21.2. The number of hydrogen-bond donors (Lipinski definition) is 3. The second kappa shape index (κ2) is 10.9. The van der Waals surface area contributed by atoms with Crippen LogP contribution in [-0.2, 0) is 28.7 Å². The monoisotopic (exact) mass is 399 g/mol. The van der Waals surface area contributed by atoms with Crippen LogP contribution in [0.4, 0.5) is 13.2 Å². The summed E-state index contributed by atoms with van der Waals surface area (Å²) in [5, 5.41) is 17.8. The molecule has 0 saturated heterocycles. The first kappa shape index (κ1) is 23.0. The molecule has 0 saturated carbocycles. The quantitative estimate of drug-likeness (QED) is 0.510. The van der Waals surface area contributed by atoms with Crippen LogP contribution in [0.25, 0.3) is 0 Å². The number of aliphatic carboxylic acids is 2. The van der Waals surface area contributed by atoms with E-state index < -0.39 is 23.7 Å². The molecule has 0 bridgehead atoms. The van der Waals surface area contributed by atoms with Gasteiger partial charge in [-0.15, -0.1) is 0 Å². The van der Waals surface area contributed by atoms with Crippen LogP contribution in [0.15, 0.2) is 48.5 Å². The topological polar surface area (TPSA) is 95.9 Å². The van der Waals surface area contributed by atoms with Crippen molar-refractivity contribution in [3.63, 3.8) is 0 Å². The summed E-state index contributed by atoms with van der Waals surface area (Å²) in [4.78, 5) is 18.2. The minimum absolute atomic E-state index is 0.185. The molecule has 0 radical (unpaired) electrons. The Labute approximate surface area is 159 Å². The second-order valence-corrected chi connectivity index (χ2v) is 5.50. The SMILES string of the molecule is COc1ccccc1CCNCc1ccccc1C(F)(F)F.O=C(O)C(=O)O. The number of rotatable bonds is 6. The number of hydrogen-bond acceptors (Lipinski definition) is 4. The summed E-state index contributed by atoms with van der Waals surface area (Å²) in [6.45, 7) is 0.761. The molecule has 9 heteroatoms. The molecular formula is C19H20F3NO5. The highest BCUT2D eigenvalue weighted by Gasteiger charge is 2.32. The van der Waals surface area contributed by atoms with Gasteiger partial charge in [-0.2, -0.15) is 13.2 Å². The molecule has 0 amide bonds. The molecule has 6 nitrogen and oxygen atoms in total. The van der Waals surface area contributed by atoms with E-state index in [-0.39, 0.29) is 12.1 Å². The van der Waals surface area contributed by atoms with E-state index in [9.17, 15) is 13.2 Å². The third-order valence-electron chi connectivity index (χ3n) is 3.58. The molecule has 0 heterocycles. The number of carbonyl (C=O) groups is 2. The van der Waals surface area contributed by atoms with Crippen LogP contribution in [0, 0.1) is 0 Å². The maximum atomic E-state index is 12.9. The Bertz CT molecular complexity index is 781. The smallest absolute Gasteiger partial charge is 0.416 e. The molecule has 0 atom stereocenters. The van der Waals surface area contributed by atoms with E-state index in [1.807, 2.05) is 24.3 Å². The normalized spacial score (nSPS) is 10.6. The maximum Gasteiger partial charge on any atom is 0.416 e. The highest BCUT2D eigenvalue weighted by Crippen LogP contribution is 2.31. The van der Waals surface area contributed by atoms with Crippen LogP contribution >= 0.6 is 0 Å². The maximum absolute atomic E-state index is 12.9. The molecule has 0 aliphatic carbocycles. The van der Waals surface area contributed by atoms with E-state index in [1.165, 1.54) is 12.1 Å². The molecule has 28 heavy (non-hydrogen) atoms. The molecule has 0 aliphatic rings. The van der Waals surface area contributed by atoms with Crippen LogP contribution in [0.5, 0.6) is 5.75 Å². The fraction of sp³-hybridized carbons (Fsp3) is 0.263. The standard InChI is InChI=1S/C17H18F3NO.C2H2O4/c1-22-16-9-5-3-6-13(16)10-11-21-12-14-7-2-4-8-15(14)17(18,19)20;3-1(4)2(5)6/h2-9,21H,10-12H2,1H3;(H,3,4)(H,5,6). The summed E-state index contributed by atoms with van der Waals surface area (Å²) in [6, 6.07) is 13.2. The van der Waals surface area contributed by atoms with Gasteiger partial charge in [0.05, 0.1) is 12.7 Å². The van der Waals surface area contributed by atoms with Crippen molar-refractivity contribution in [1.82, 2.24) is 5.32 Å². The fourth-order valence-corrected chi connectivity index (χ4v) is 2.31. The van der Waals surface area contributed by atoms with E-state index in [0.717, 1.165) is 17.4 Å². The predicted octanol–water partition coefficient (Wildman–Crippen LogP) is 3.20. The van der Waals surface area contributed by atoms with Gasteiger partial charge < -0.3 is 20.3 Å². The molecule has 2 aromatic carbocycles.